The molecule has 0 fully saturated rings. The van der Waals surface area contributed by atoms with Crippen molar-refractivity contribution in [1.29, 1.82) is 0 Å². The van der Waals surface area contributed by atoms with E-state index in [2.05, 4.69) is 0 Å². The largest absolute Gasteiger partial charge is 0.289 e. The number of benzene rings is 2. The van der Waals surface area contributed by atoms with Crippen LogP contribution in [0, 0.1) is 0 Å². The molecule has 0 aliphatic heterocycles. The van der Waals surface area contributed by atoms with Crippen LogP contribution >= 0.6 is 0 Å². The number of hydrogen-bond donors (Lipinski definition) is 0. The molecule has 0 aromatic heterocycles. The summed E-state index contributed by atoms with van der Waals surface area (Å²) in [6.07, 6.45) is 0. The number of ketones is 1. The highest BCUT2D eigenvalue weighted by molar-refractivity contribution is 6.21. The van der Waals surface area contributed by atoms with E-state index in [1.54, 1.807) is 0 Å². The molecule has 0 atom stereocenters. The molecule has 0 amide bonds. The molecule has 1 nitrogen and oxygen atoms in total. The van der Waals surface area contributed by atoms with Gasteiger partial charge in [0.25, 0.3) is 0 Å². The number of rotatable bonds is 0. The minimum Gasteiger partial charge on any atom is -0.289 e. The first kappa shape index (κ1) is 7.51. The van der Waals surface area contributed by atoms with Gasteiger partial charge in [0, 0.05) is 11.1 Å². The van der Waals surface area contributed by atoms with E-state index in [0.717, 1.165) is 22.3 Å². The van der Waals surface area contributed by atoms with Crippen LogP contribution in [-0.2, 0) is 0 Å². The minimum absolute atomic E-state index is 0.149. The van der Waals surface area contributed by atoms with E-state index in [-0.39, 0.29) is 5.78 Å². The molecule has 0 saturated heterocycles. The molecule has 1 aliphatic rings. The Kier molecular flexibility index (Phi) is 1.37. The number of fused-ring (bicyclic) bond motifs is 3. The predicted octanol–water partition coefficient (Wildman–Crippen LogP) is 2.90. The zero-order valence-electron chi connectivity index (χ0n) is 7.53. The topological polar surface area (TPSA) is 17.1 Å². The lowest BCUT2D eigenvalue weighted by atomic mass is 10.1. The van der Waals surface area contributed by atoms with E-state index in [4.69, 9.17) is 0 Å². The van der Waals surface area contributed by atoms with Crippen LogP contribution in [0.4, 0.5) is 0 Å². The molecule has 0 bridgehead atoms. The summed E-state index contributed by atoms with van der Waals surface area (Å²) in [6, 6.07) is 15.5. The molecule has 3 rings (SSSR count). The van der Waals surface area contributed by atoms with Gasteiger partial charge in [0.15, 0.2) is 5.78 Å². The molecule has 1 aliphatic carbocycles. The van der Waals surface area contributed by atoms with Crippen LogP contribution in [0.3, 0.4) is 0 Å². The van der Waals surface area contributed by atoms with Gasteiger partial charge in [-0.05, 0) is 11.1 Å². The Bertz CT molecular complexity index is 479. The Morgan fingerprint density at radius 1 is 0.571 bits per heavy atom. The van der Waals surface area contributed by atoms with Crippen molar-refractivity contribution in [2.45, 2.75) is 0 Å². The smallest absolute Gasteiger partial charge is 0.194 e. The van der Waals surface area contributed by atoms with Crippen LogP contribution in [0.25, 0.3) is 11.1 Å². The lowest BCUT2D eigenvalue weighted by Crippen LogP contribution is -1.93. The van der Waals surface area contributed by atoms with Gasteiger partial charge in [-0.25, -0.2) is 0 Å². The van der Waals surface area contributed by atoms with Gasteiger partial charge >= 0.3 is 0 Å². The second-order valence-electron chi connectivity index (χ2n) is 3.42. The normalized spacial score (nSPS) is 12.4. The van der Waals surface area contributed by atoms with Gasteiger partial charge in [0.2, 0.25) is 0 Å². The SMILES string of the molecule is O=C1c2ccccc2-[13c]2[13cH][13cH][13cH][13cH][13c]21. The summed E-state index contributed by atoms with van der Waals surface area (Å²) in [5, 5.41) is 0. The number of hydrogen-bond acceptors (Lipinski definition) is 1. The Morgan fingerprint density at radius 2 is 0.929 bits per heavy atom. The van der Waals surface area contributed by atoms with Gasteiger partial charge in [-0.3, -0.25) is 4.79 Å². The van der Waals surface area contributed by atoms with Crippen LogP contribution in [0.5, 0.6) is 0 Å². The van der Waals surface area contributed by atoms with Crippen molar-refractivity contribution in [1.82, 2.24) is 0 Å². The second-order valence-corrected chi connectivity index (χ2v) is 3.42. The average molecular weight is 186 g/mol. The molecule has 0 saturated carbocycles. The van der Waals surface area contributed by atoms with Crippen LogP contribution in [0.2, 0.25) is 0 Å². The quantitative estimate of drug-likeness (QED) is 0.527. The van der Waals surface area contributed by atoms with E-state index in [1.165, 1.54) is 0 Å². The number of carbonyl (C=O) groups is 1. The molecule has 66 valence electrons. The number of carbonyl (C=O) groups excluding carboxylic acids is 1. The summed E-state index contributed by atoms with van der Waals surface area (Å²) in [6.45, 7) is 0. The third kappa shape index (κ3) is 0.814. The van der Waals surface area contributed by atoms with E-state index in [0.29, 0.717) is 0 Å². The molecule has 1 heteroatoms. The highest BCUT2D eigenvalue weighted by Crippen LogP contribution is 2.35. The molecular formula is C13H8O. The standard InChI is InChI=1S/C13H8O/c14-13-11-7-3-1-5-9(11)10-6-2-4-8-12(10)13/h1-8H/i1+1,3+1,5+1,7+1,9+1,11+1. The first-order valence-electron chi connectivity index (χ1n) is 4.61. The van der Waals surface area contributed by atoms with Gasteiger partial charge in [-0.2, -0.15) is 0 Å². The minimum atomic E-state index is 0.149. The van der Waals surface area contributed by atoms with Gasteiger partial charge in [0.1, 0.15) is 0 Å². The molecule has 0 N–H and O–H groups in total. The Morgan fingerprint density at radius 3 is 1.36 bits per heavy atom. The lowest BCUT2D eigenvalue weighted by Gasteiger charge is -1.96. The van der Waals surface area contributed by atoms with E-state index in [1.807, 2.05) is 48.5 Å². The summed E-state index contributed by atoms with van der Waals surface area (Å²) in [4.78, 5) is 11.9. The maximum absolute atomic E-state index is 11.9. The molecule has 2 aromatic rings. The summed E-state index contributed by atoms with van der Waals surface area (Å²) < 4.78 is 0. The summed E-state index contributed by atoms with van der Waals surface area (Å²) >= 11 is 0. The fraction of sp³-hybridized carbons (Fsp3) is 0. The van der Waals surface area contributed by atoms with Gasteiger partial charge in [0.05, 0.1) is 0 Å². The van der Waals surface area contributed by atoms with Crippen molar-refractivity contribution in [3.8, 4) is 11.1 Å². The molecule has 14 heavy (non-hydrogen) atoms. The van der Waals surface area contributed by atoms with E-state index >= 15 is 0 Å². The molecule has 0 unspecified atom stereocenters. The average Bonchev–Trinajstić information content (AvgIpc) is 2.55. The van der Waals surface area contributed by atoms with Crippen molar-refractivity contribution in [3.05, 3.63) is 59.7 Å². The monoisotopic (exact) mass is 186 g/mol. The highest BCUT2D eigenvalue weighted by atomic mass is 16.1. The van der Waals surface area contributed by atoms with E-state index < -0.39 is 0 Å². The Balaban J connectivity index is 2.42. The predicted molar refractivity (Wildman–Crippen MR) is 55.3 cm³/mol. The zero-order chi connectivity index (χ0) is 9.54. The van der Waals surface area contributed by atoms with Gasteiger partial charge in [-0.15, -0.1) is 0 Å². The van der Waals surface area contributed by atoms with Gasteiger partial charge < -0.3 is 0 Å². The molecule has 2 aromatic carbocycles. The fourth-order valence-corrected chi connectivity index (χ4v) is 1.98. The zero-order valence-corrected chi connectivity index (χ0v) is 7.53. The molecular weight excluding hydrogens is 178 g/mol. The summed E-state index contributed by atoms with van der Waals surface area (Å²) in [5.41, 5.74) is 3.78. The summed E-state index contributed by atoms with van der Waals surface area (Å²) in [7, 11) is 0. The Labute approximate surface area is 82.0 Å². The second kappa shape index (κ2) is 2.55. The third-order valence-electron chi connectivity index (χ3n) is 2.63. The first-order valence-corrected chi connectivity index (χ1v) is 4.61. The fourth-order valence-electron chi connectivity index (χ4n) is 1.98. The summed E-state index contributed by atoms with van der Waals surface area (Å²) in [5.74, 6) is 0.149. The van der Waals surface area contributed by atoms with Gasteiger partial charge in [-0.1, -0.05) is 48.5 Å². The highest BCUT2D eigenvalue weighted by Gasteiger charge is 2.24. The van der Waals surface area contributed by atoms with Crippen molar-refractivity contribution < 1.29 is 4.79 Å². The lowest BCUT2D eigenvalue weighted by molar-refractivity contribution is 0.104. The van der Waals surface area contributed by atoms with E-state index in [9.17, 15) is 4.79 Å². The molecule has 0 heterocycles. The molecule has 0 radical (unpaired) electrons. The Hall–Kier alpha value is -1.89. The first-order chi connectivity index (χ1) is 6.88. The van der Waals surface area contributed by atoms with Crippen LogP contribution in [0.15, 0.2) is 48.5 Å². The van der Waals surface area contributed by atoms with Crippen molar-refractivity contribution in [2.24, 2.45) is 0 Å². The van der Waals surface area contributed by atoms with Crippen LogP contribution in [0.1, 0.15) is 15.9 Å². The maximum Gasteiger partial charge on any atom is 0.194 e. The maximum atomic E-state index is 11.9. The molecule has 0 spiro atoms. The third-order valence-corrected chi connectivity index (χ3v) is 2.63. The van der Waals surface area contributed by atoms with Crippen molar-refractivity contribution >= 4 is 5.78 Å². The van der Waals surface area contributed by atoms with Crippen LogP contribution < -0.4 is 0 Å². The van der Waals surface area contributed by atoms with Crippen LogP contribution in [-0.4, -0.2) is 5.78 Å². The van der Waals surface area contributed by atoms with Crippen molar-refractivity contribution in [2.75, 3.05) is 0 Å². The van der Waals surface area contributed by atoms with Crippen molar-refractivity contribution in [3.63, 3.8) is 0 Å².